The molecule has 1 aromatic heterocycles. The van der Waals surface area contributed by atoms with E-state index in [1.807, 2.05) is 42.9 Å². The number of aromatic nitrogens is 2. The average Bonchev–Trinajstić information content (AvgIpc) is 2.87. The third-order valence-corrected chi connectivity index (χ3v) is 3.16. The summed E-state index contributed by atoms with van der Waals surface area (Å²) in [5.41, 5.74) is 1.72. The number of hydrogen-bond donors (Lipinski definition) is 2. The second kappa shape index (κ2) is 6.43. The van der Waals surface area contributed by atoms with Gasteiger partial charge in [0.05, 0.1) is 19.3 Å². The van der Waals surface area contributed by atoms with E-state index >= 15 is 0 Å². The van der Waals surface area contributed by atoms with Crippen molar-refractivity contribution >= 4 is 5.69 Å². The molecule has 1 aromatic carbocycles. The van der Waals surface area contributed by atoms with Crippen LogP contribution < -0.4 is 10.1 Å². The Hall–Kier alpha value is -2.01. The zero-order valence-electron chi connectivity index (χ0n) is 12.1. The molecule has 0 saturated carbocycles. The number of hydrogen-bond acceptors (Lipinski definition) is 4. The number of aliphatic hydroxyl groups excluding tert-OH is 1. The van der Waals surface area contributed by atoms with Gasteiger partial charge in [0.1, 0.15) is 11.6 Å². The number of imidazole rings is 1. The Bertz CT molecular complexity index is 566. The van der Waals surface area contributed by atoms with Crippen molar-refractivity contribution in [1.82, 2.24) is 9.55 Å². The molecule has 1 atom stereocenters. The first-order valence-corrected chi connectivity index (χ1v) is 6.76. The fraction of sp³-hybridized carbons (Fsp3) is 0.400. The van der Waals surface area contributed by atoms with Gasteiger partial charge in [0.25, 0.3) is 0 Å². The highest BCUT2D eigenvalue weighted by molar-refractivity contribution is 5.51. The van der Waals surface area contributed by atoms with E-state index in [2.05, 4.69) is 17.2 Å². The van der Waals surface area contributed by atoms with E-state index in [4.69, 9.17) is 4.74 Å². The molecule has 1 heterocycles. The molecule has 0 fully saturated rings. The van der Waals surface area contributed by atoms with Crippen LogP contribution in [0.4, 0.5) is 5.69 Å². The van der Waals surface area contributed by atoms with Crippen molar-refractivity contribution < 1.29 is 9.84 Å². The van der Waals surface area contributed by atoms with Crippen molar-refractivity contribution in [1.29, 1.82) is 0 Å². The van der Waals surface area contributed by atoms with Gasteiger partial charge in [0.2, 0.25) is 0 Å². The SMILES string of the molecule is CCOc1ccc(NC(C)c2nccn2C)cc1CO. The fourth-order valence-corrected chi connectivity index (χ4v) is 2.20. The van der Waals surface area contributed by atoms with Crippen LogP contribution in [0.15, 0.2) is 30.6 Å². The highest BCUT2D eigenvalue weighted by Crippen LogP contribution is 2.25. The van der Waals surface area contributed by atoms with Crippen LogP contribution in [-0.2, 0) is 13.7 Å². The molecule has 0 aliphatic heterocycles. The van der Waals surface area contributed by atoms with E-state index in [0.717, 1.165) is 22.8 Å². The predicted molar refractivity (Wildman–Crippen MR) is 78.8 cm³/mol. The zero-order chi connectivity index (χ0) is 14.5. The summed E-state index contributed by atoms with van der Waals surface area (Å²) < 4.78 is 7.46. The van der Waals surface area contributed by atoms with Gasteiger partial charge in [-0.1, -0.05) is 0 Å². The lowest BCUT2D eigenvalue weighted by molar-refractivity contribution is 0.267. The quantitative estimate of drug-likeness (QED) is 0.850. The molecule has 2 aromatic rings. The molecule has 0 saturated heterocycles. The number of rotatable bonds is 6. The summed E-state index contributed by atoms with van der Waals surface area (Å²) in [5.74, 6) is 1.69. The van der Waals surface area contributed by atoms with Gasteiger partial charge in [-0.05, 0) is 32.0 Å². The number of anilines is 1. The van der Waals surface area contributed by atoms with Gasteiger partial charge in [0, 0.05) is 30.7 Å². The molecule has 108 valence electrons. The topological polar surface area (TPSA) is 59.3 Å². The molecule has 0 bridgehead atoms. The highest BCUT2D eigenvalue weighted by Gasteiger charge is 2.11. The van der Waals surface area contributed by atoms with E-state index < -0.39 is 0 Å². The maximum atomic E-state index is 9.41. The summed E-state index contributed by atoms with van der Waals surface area (Å²) in [5, 5.41) is 12.8. The second-order valence-electron chi connectivity index (χ2n) is 4.68. The first-order chi connectivity index (χ1) is 9.65. The summed E-state index contributed by atoms with van der Waals surface area (Å²) in [7, 11) is 1.97. The lowest BCUT2D eigenvalue weighted by Crippen LogP contribution is -2.12. The summed E-state index contributed by atoms with van der Waals surface area (Å²) >= 11 is 0. The Morgan fingerprint density at radius 1 is 1.45 bits per heavy atom. The van der Waals surface area contributed by atoms with Gasteiger partial charge in [-0.15, -0.1) is 0 Å². The van der Waals surface area contributed by atoms with Crippen molar-refractivity contribution in [3.63, 3.8) is 0 Å². The average molecular weight is 275 g/mol. The van der Waals surface area contributed by atoms with E-state index in [-0.39, 0.29) is 12.6 Å². The smallest absolute Gasteiger partial charge is 0.130 e. The highest BCUT2D eigenvalue weighted by atomic mass is 16.5. The molecule has 2 N–H and O–H groups in total. The number of aryl methyl sites for hydroxylation is 1. The number of benzene rings is 1. The van der Waals surface area contributed by atoms with Gasteiger partial charge in [-0.25, -0.2) is 4.98 Å². The van der Waals surface area contributed by atoms with Crippen molar-refractivity contribution in [2.45, 2.75) is 26.5 Å². The fourth-order valence-electron chi connectivity index (χ4n) is 2.20. The van der Waals surface area contributed by atoms with E-state index in [1.54, 1.807) is 6.20 Å². The van der Waals surface area contributed by atoms with Crippen LogP contribution in [0.3, 0.4) is 0 Å². The van der Waals surface area contributed by atoms with Crippen LogP contribution in [0, 0.1) is 0 Å². The maximum Gasteiger partial charge on any atom is 0.130 e. The Balaban J connectivity index is 2.15. The standard InChI is InChI=1S/C15H21N3O2/c1-4-20-14-6-5-13(9-12(14)10-19)17-11(2)15-16-7-8-18(15)3/h5-9,11,17,19H,4,10H2,1-3H3. The molecule has 1 unspecified atom stereocenters. The molecule has 0 aliphatic carbocycles. The summed E-state index contributed by atoms with van der Waals surface area (Å²) in [6.07, 6.45) is 3.70. The summed E-state index contributed by atoms with van der Waals surface area (Å²) in [4.78, 5) is 4.33. The molecule has 0 spiro atoms. The normalized spacial score (nSPS) is 12.2. The number of ether oxygens (including phenoxy) is 1. The van der Waals surface area contributed by atoms with Crippen LogP contribution >= 0.6 is 0 Å². The molecular formula is C15H21N3O2. The zero-order valence-corrected chi connectivity index (χ0v) is 12.1. The van der Waals surface area contributed by atoms with Gasteiger partial charge >= 0.3 is 0 Å². The van der Waals surface area contributed by atoms with Crippen molar-refractivity contribution in [3.8, 4) is 5.75 Å². The van der Waals surface area contributed by atoms with E-state index in [1.165, 1.54) is 0 Å². The van der Waals surface area contributed by atoms with Crippen LogP contribution in [0.5, 0.6) is 5.75 Å². The van der Waals surface area contributed by atoms with Crippen LogP contribution in [0.25, 0.3) is 0 Å². The third kappa shape index (κ3) is 3.11. The van der Waals surface area contributed by atoms with Gasteiger partial charge < -0.3 is 19.7 Å². The molecule has 0 amide bonds. The number of nitrogens with one attached hydrogen (secondary N) is 1. The number of nitrogens with zero attached hydrogens (tertiary/aromatic N) is 2. The van der Waals surface area contributed by atoms with E-state index in [0.29, 0.717) is 6.61 Å². The molecule has 2 rings (SSSR count). The molecule has 0 radical (unpaired) electrons. The molecule has 0 aliphatic rings. The van der Waals surface area contributed by atoms with Crippen molar-refractivity contribution in [3.05, 3.63) is 42.0 Å². The molecule has 20 heavy (non-hydrogen) atoms. The Kier molecular flexibility index (Phi) is 4.63. The summed E-state index contributed by atoms with van der Waals surface area (Å²) in [6, 6.07) is 5.82. The first kappa shape index (κ1) is 14.4. The van der Waals surface area contributed by atoms with Gasteiger partial charge in [0.15, 0.2) is 0 Å². The molecule has 5 heteroatoms. The summed E-state index contributed by atoms with van der Waals surface area (Å²) in [6.45, 7) is 4.53. The maximum absolute atomic E-state index is 9.41. The molecular weight excluding hydrogens is 254 g/mol. The lowest BCUT2D eigenvalue weighted by Gasteiger charge is -2.17. The van der Waals surface area contributed by atoms with Crippen LogP contribution in [0.2, 0.25) is 0 Å². The Labute approximate surface area is 119 Å². The van der Waals surface area contributed by atoms with Crippen LogP contribution in [-0.4, -0.2) is 21.3 Å². The van der Waals surface area contributed by atoms with Crippen molar-refractivity contribution in [2.75, 3.05) is 11.9 Å². The van der Waals surface area contributed by atoms with Crippen molar-refractivity contribution in [2.24, 2.45) is 7.05 Å². The largest absolute Gasteiger partial charge is 0.494 e. The number of aliphatic hydroxyl groups is 1. The Morgan fingerprint density at radius 2 is 2.25 bits per heavy atom. The van der Waals surface area contributed by atoms with Gasteiger partial charge in [-0.2, -0.15) is 0 Å². The van der Waals surface area contributed by atoms with Gasteiger partial charge in [-0.3, -0.25) is 0 Å². The predicted octanol–water partition coefficient (Wildman–Crippen LogP) is 2.48. The molecule has 5 nitrogen and oxygen atoms in total. The second-order valence-corrected chi connectivity index (χ2v) is 4.68. The Morgan fingerprint density at radius 3 is 2.85 bits per heavy atom. The van der Waals surface area contributed by atoms with E-state index in [9.17, 15) is 5.11 Å². The minimum Gasteiger partial charge on any atom is -0.494 e. The lowest BCUT2D eigenvalue weighted by atomic mass is 10.1. The first-order valence-electron chi connectivity index (χ1n) is 6.76. The minimum atomic E-state index is -0.0400. The minimum absolute atomic E-state index is 0.0400. The third-order valence-electron chi connectivity index (χ3n) is 3.16. The monoisotopic (exact) mass is 275 g/mol. The van der Waals surface area contributed by atoms with Crippen LogP contribution in [0.1, 0.15) is 31.3 Å².